The summed E-state index contributed by atoms with van der Waals surface area (Å²) in [7, 11) is -3.62. The molecule has 0 bridgehead atoms. The average Bonchev–Trinajstić information content (AvgIpc) is 2.97. The van der Waals surface area contributed by atoms with Gasteiger partial charge in [0.15, 0.2) is 0 Å². The van der Waals surface area contributed by atoms with E-state index in [4.69, 9.17) is 4.74 Å². The van der Waals surface area contributed by atoms with Crippen LogP contribution < -0.4 is 9.62 Å². The molecule has 1 saturated heterocycles. The van der Waals surface area contributed by atoms with Crippen LogP contribution in [0.3, 0.4) is 0 Å². The van der Waals surface area contributed by atoms with Gasteiger partial charge in [-0.05, 0) is 36.8 Å². The molecule has 3 rings (SSSR count). The van der Waals surface area contributed by atoms with Crippen molar-refractivity contribution in [2.45, 2.75) is 18.8 Å². The van der Waals surface area contributed by atoms with Crippen LogP contribution in [-0.2, 0) is 20.5 Å². The minimum Gasteiger partial charge on any atom is -0.443 e. The van der Waals surface area contributed by atoms with Crippen molar-refractivity contribution in [3.8, 4) is 0 Å². The van der Waals surface area contributed by atoms with Gasteiger partial charge in [-0.3, -0.25) is 4.90 Å². The fourth-order valence-electron chi connectivity index (χ4n) is 2.63. The van der Waals surface area contributed by atoms with Gasteiger partial charge in [-0.25, -0.2) is 22.3 Å². The number of cyclic esters (lactones) is 1. The van der Waals surface area contributed by atoms with Crippen molar-refractivity contribution in [2.75, 3.05) is 18.0 Å². The molecule has 138 valence electrons. The zero-order chi connectivity index (χ0) is 18.7. The van der Waals surface area contributed by atoms with Crippen molar-refractivity contribution in [1.29, 1.82) is 0 Å². The van der Waals surface area contributed by atoms with Gasteiger partial charge in [-0.1, -0.05) is 29.8 Å². The molecule has 26 heavy (non-hydrogen) atoms. The van der Waals surface area contributed by atoms with Crippen LogP contribution in [0.25, 0.3) is 0 Å². The molecule has 1 unspecified atom stereocenters. The minimum absolute atomic E-state index is 0.0162. The van der Waals surface area contributed by atoms with Crippen molar-refractivity contribution in [3.63, 3.8) is 0 Å². The first-order valence-electron chi connectivity index (χ1n) is 8.09. The monoisotopic (exact) mass is 378 g/mol. The van der Waals surface area contributed by atoms with Crippen molar-refractivity contribution in [1.82, 2.24) is 4.72 Å². The highest BCUT2D eigenvalue weighted by atomic mass is 32.2. The standard InChI is InChI=1S/C18H19FN2O4S/c1-13-2-8-16(9-3-13)21-11-17(25-18(21)22)10-20-26(23,24)12-14-4-6-15(19)7-5-14/h2-9,17,20H,10-12H2,1H3. The predicted octanol–water partition coefficient (Wildman–Crippen LogP) is 2.58. The number of aryl methyl sites for hydroxylation is 1. The molecule has 1 atom stereocenters. The summed E-state index contributed by atoms with van der Waals surface area (Å²) in [5.41, 5.74) is 2.26. The lowest BCUT2D eigenvalue weighted by atomic mass is 10.2. The maximum atomic E-state index is 12.9. The van der Waals surface area contributed by atoms with Crippen molar-refractivity contribution < 1.29 is 22.3 Å². The summed E-state index contributed by atoms with van der Waals surface area (Å²) in [6.07, 6.45) is -1.08. The molecule has 1 amide bonds. The van der Waals surface area contributed by atoms with Crippen LogP contribution in [-0.4, -0.2) is 33.7 Å². The number of benzene rings is 2. The first-order valence-corrected chi connectivity index (χ1v) is 9.74. The van der Waals surface area contributed by atoms with E-state index in [2.05, 4.69) is 4.72 Å². The van der Waals surface area contributed by atoms with E-state index in [0.717, 1.165) is 5.56 Å². The van der Waals surface area contributed by atoms with Gasteiger partial charge < -0.3 is 4.74 Å². The fraction of sp³-hybridized carbons (Fsp3) is 0.278. The summed E-state index contributed by atoms with van der Waals surface area (Å²) >= 11 is 0. The van der Waals surface area contributed by atoms with E-state index in [9.17, 15) is 17.6 Å². The summed E-state index contributed by atoms with van der Waals surface area (Å²) in [6, 6.07) is 12.7. The number of carbonyl (C=O) groups excluding carboxylic acids is 1. The number of hydrogen-bond acceptors (Lipinski definition) is 4. The Morgan fingerprint density at radius 3 is 2.46 bits per heavy atom. The molecule has 2 aromatic rings. The van der Waals surface area contributed by atoms with Crippen LogP contribution in [0.4, 0.5) is 14.9 Å². The van der Waals surface area contributed by atoms with E-state index in [-0.39, 0.29) is 18.8 Å². The Labute approximate surface area is 151 Å². The van der Waals surface area contributed by atoms with Crippen molar-refractivity contribution >= 4 is 21.8 Å². The first kappa shape index (κ1) is 18.3. The summed E-state index contributed by atoms with van der Waals surface area (Å²) in [5.74, 6) is -0.691. The Hall–Kier alpha value is -2.45. The molecular formula is C18H19FN2O4S. The number of sulfonamides is 1. The third-order valence-corrected chi connectivity index (χ3v) is 5.34. The quantitative estimate of drug-likeness (QED) is 0.838. The molecule has 0 saturated carbocycles. The number of carbonyl (C=O) groups is 1. The average molecular weight is 378 g/mol. The van der Waals surface area contributed by atoms with Gasteiger partial charge in [0.2, 0.25) is 10.0 Å². The number of rotatable bonds is 6. The van der Waals surface area contributed by atoms with E-state index in [0.29, 0.717) is 11.3 Å². The second-order valence-electron chi connectivity index (χ2n) is 6.19. The van der Waals surface area contributed by atoms with Gasteiger partial charge in [0.1, 0.15) is 11.9 Å². The van der Waals surface area contributed by atoms with Gasteiger partial charge in [0.25, 0.3) is 0 Å². The topological polar surface area (TPSA) is 75.7 Å². The molecule has 0 aromatic heterocycles. The molecule has 1 N–H and O–H groups in total. The first-order chi connectivity index (χ1) is 12.3. The zero-order valence-electron chi connectivity index (χ0n) is 14.2. The summed E-state index contributed by atoms with van der Waals surface area (Å²) in [6.45, 7) is 2.20. The molecule has 1 aliphatic rings. The number of hydrogen-bond donors (Lipinski definition) is 1. The Balaban J connectivity index is 1.57. The second kappa shape index (κ2) is 7.43. The van der Waals surface area contributed by atoms with E-state index < -0.39 is 28.0 Å². The molecule has 6 nitrogen and oxygen atoms in total. The van der Waals surface area contributed by atoms with Crippen LogP contribution in [0.1, 0.15) is 11.1 Å². The maximum Gasteiger partial charge on any atom is 0.414 e. The summed E-state index contributed by atoms with van der Waals surface area (Å²) < 4.78 is 44.9. The number of nitrogens with zero attached hydrogens (tertiary/aromatic N) is 1. The predicted molar refractivity (Wildman–Crippen MR) is 95.8 cm³/mol. The smallest absolute Gasteiger partial charge is 0.414 e. The van der Waals surface area contributed by atoms with Crippen LogP contribution in [0.5, 0.6) is 0 Å². The molecule has 0 aliphatic carbocycles. The highest BCUT2D eigenvalue weighted by Crippen LogP contribution is 2.22. The Kier molecular flexibility index (Phi) is 5.24. The molecule has 1 fully saturated rings. The van der Waals surface area contributed by atoms with E-state index in [1.807, 2.05) is 31.2 Å². The number of anilines is 1. The number of ether oxygens (including phenoxy) is 1. The molecular weight excluding hydrogens is 359 g/mol. The van der Waals surface area contributed by atoms with Crippen LogP contribution in [0.2, 0.25) is 0 Å². The SMILES string of the molecule is Cc1ccc(N2CC(CNS(=O)(=O)Cc3ccc(F)cc3)OC2=O)cc1. The molecule has 0 radical (unpaired) electrons. The summed E-state index contributed by atoms with van der Waals surface area (Å²) in [5, 5.41) is 0. The minimum atomic E-state index is -3.62. The highest BCUT2D eigenvalue weighted by molar-refractivity contribution is 7.88. The molecule has 2 aromatic carbocycles. The highest BCUT2D eigenvalue weighted by Gasteiger charge is 2.32. The molecule has 8 heteroatoms. The van der Waals surface area contributed by atoms with Crippen LogP contribution >= 0.6 is 0 Å². The number of nitrogens with one attached hydrogen (secondary N) is 1. The lowest BCUT2D eigenvalue weighted by Crippen LogP contribution is -2.35. The van der Waals surface area contributed by atoms with Gasteiger partial charge >= 0.3 is 6.09 Å². The number of halogens is 1. The van der Waals surface area contributed by atoms with Crippen LogP contribution in [0, 0.1) is 12.7 Å². The maximum absolute atomic E-state index is 12.9. The van der Waals surface area contributed by atoms with Crippen LogP contribution in [0.15, 0.2) is 48.5 Å². The van der Waals surface area contributed by atoms with Crippen molar-refractivity contribution in [3.05, 3.63) is 65.5 Å². The number of amides is 1. The van der Waals surface area contributed by atoms with E-state index in [1.54, 1.807) is 0 Å². The van der Waals surface area contributed by atoms with Gasteiger partial charge in [-0.2, -0.15) is 0 Å². The van der Waals surface area contributed by atoms with Crippen molar-refractivity contribution in [2.24, 2.45) is 0 Å². The normalized spacial score (nSPS) is 17.4. The summed E-state index contributed by atoms with van der Waals surface area (Å²) in [4.78, 5) is 13.5. The Morgan fingerprint density at radius 2 is 1.81 bits per heavy atom. The van der Waals surface area contributed by atoms with Gasteiger partial charge in [-0.15, -0.1) is 0 Å². The molecule has 1 aliphatic heterocycles. The molecule has 0 spiro atoms. The second-order valence-corrected chi connectivity index (χ2v) is 7.99. The third-order valence-electron chi connectivity index (χ3n) is 4.02. The Bertz CT molecular complexity index is 882. The lowest BCUT2D eigenvalue weighted by molar-refractivity contribution is 0.143. The zero-order valence-corrected chi connectivity index (χ0v) is 15.0. The van der Waals surface area contributed by atoms with E-state index >= 15 is 0 Å². The van der Waals surface area contributed by atoms with Gasteiger partial charge in [0, 0.05) is 12.2 Å². The Morgan fingerprint density at radius 1 is 1.15 bits per heavy atom. The van der Waals surface area contributed by atoms with Gasteiger partial charge in [0.05, 0.1) is 12.3 Å². The molecule has 1 heterocycles. The van der Waals surface area contributed by atoms with E-state index in [1.165, 1.54) is 29.2 Å². The third kappa shape index (κ3) is 4.59. The fourth-order valence-corrected chi connectivity index (χ4v) is 3.81. The lowest BCUT2D eigenvalue weighted by Gasteiger charge is -2.13. The largest absolute Gasteiger partial charge is 0.443 e.